The highest BCUT2D eigenvalue weighted by Crippen LogP contribution is 2.33. The van der Waals surface area contributed by atoms with Crippen LogP contribution < -0.4 is 18.5 Å². The molecule has 0 spiro atoms. The first-order valence-corrected chi connectivity index (χ1v) is 12.1. The number of rotatable bonds is 8. The highest BCUT2D eigenvalue weighted by Gasteiger charge is 2.24. The Kier molecular flexibility index (Phi) is 7.43. The quantitative estimate of drug-likeness (QED) is 0.197. The van der Waals surface area contributed by atoms with Crippen LogP contribution in [0.15, 0.2) is 106 Å². The van der Waals surface area contributed by atoms with Crippen LogP contribution in [0.5, 0.6) is 34.5 Å². The average molecular weight is 575 g/mol. The smallest absolute Gasteiger partial charge is 0.457 e. The number of ether oxygens (including phenoxy) is 2. The Labute approximate surface area is 203 Å². The molecule has 5 nitrogen and oxygen atoms in total. The third kappa shape index (κ3) is 6.57. The fourth-order valence-corrected chi connectivity index (χ4v) is 3.76. The molecule has 0 aromatic heterocycles. The number of halogens is 2. The molecule has 0 bridgehead atoms. The maximum Gasteiger partial charge on any atom is 0.805 e. The second kappa shape index (κ2) is 10.6. The standard InChI is InChI=1S/C24H16Br2O5P/c25-17-1-5-19(6-2-17)28-21-9-13-23(14-10-21)30-32(27)31-24-15-11-22(12-16-24)29-20-7-3-18(26)4-8-20/h1-16H/q+1. The molecule has 0 unspecified atom stereocenters. The van der Waals surface area contributed by atoms with E-state index in [4.69, 9.17) is 18.5 Å². The Morgan fingerprint density at radius 3 is 1.00 bits per heavy atom. The van der Waals surface area contributed by atoms with Crippen molar-refractivity contribution in [3.05, 3.63) is 106 Å². The zero-order chi connectivity index (χ0) is 22.3. The van der Waals surface area contributed by atoms with Crippen molar-refractivity contribution in [1.29, 1.82) is 0 Å². The van der Waals surface area contributed by atoms with Crippen molar-refractivity contribution < 1.29 is 23.1 Å². The Hall–Kier alpha value is -2.86. The van der Waals surface area contributed by atoms with E-state index in [0.29, 0.717) is 34.5 Å². The van der Waals surface area contributed by atoms with Gasteiger partial charge in [-0.05, 0) is 97.1 Å². The van der Waals surface area contributed by atoms with Crippen molar-refractivity contribution in [2.45, 2.75) is 0 Å². The molecular weight excluding hydrogens is 559 g/mol. The van der Waals surface area contributed by atoms with Gasteiger partial charge in [-0.25, -0.2) is 9.05 Å². The highest BCUT2D eigenvalue weighted by molar-refractivity contribution is 9.10. The van der Waals surface area contributed by atoms with Gasteiger partial charge in [0.15, 0.2) is 11.5 Å². The van der Waals surface area contributed by atoms with E-state index in [1.165, 1.54) is 0 Å². The number of benzene rings is 4. The van der Waals surface area contributed by atoms with Gasteiger partial charge >= 0.3 is 8.25 Å². The summed E-state index contributed by atoms with van der Waals surface area (Å²) in [5, 5.41) is 0. The van der Waals surface area contributed by atoms with Gasteiger partial charge in [0.2, 0.25) is 0 Å². The van der Waals surface area contributed by atoms with Crippen molar-refractivity contribution >= 4 is 40.1 Å². The molecule has 0 N–H and O–H groups in total. The molecule has 0 aliphatic rings. The molecule has 0 aliphatic carbocycles. The minimum absolute atomic E-state index is 0.407. The summed E-state index contributed by atoms with van der Waals surface area (Å²) in [4.78, 5) is 0. The summed E-state index contributed by atoms with van der Waals surface area (Å²) in [7, 11) is -2.40. The molecule has 4 aromatic rings. The van der Waals surface area contributed by atoms with Gasteiger partial charge in [-0.1, -0.05) is 31.9 Å². The van der Waals surface area contributed by atoms with Crippen molar-refractivity contribution in [3.63, 3.8) is 0 Å². The van der Waals surface area contributed by atoms with Gasteiger partial charge in [-0.2, -0.15) is 0 Å². The molecular formula is C24H16Br2O5P+. The topological polar surface area (TPSA) is 54.0 Å². The second-order valence-electron chi connectivity index (χ2n) is 6.46. The van der Waals surface area contributed by atoms with Gasteiger partial charge in [0.05, 0.1) is 0 Å². The lowest BCUT2D eigenvalue weighted by Crippen LogP contribution is -1.90. The van der Waals surface area contributed by atoms with Crippen molar-refractivity contribution in [2.75, 3.05) is 0 Å². The van der Waals surface area contributed by atoms with Crippen LogP contribution in [0.1, 0.15) is 0 Å². The lowest BCUT2D eigenvalue weighted by molar-refractivity contribution is 0.414. The Morgan fingerprint density at radius 1 is 0.438 bits per heavy atom. The Bertz CT molecular complexity index is 1080. The summed E-state index contributed by atoms with van der Waals surface area (Å²) in [5.74, 6) is 3.51. The van der Waals surface area contributed by atoms with Crippen LogP contribution in [0.4, 0.5) is 0 Å². The summed E-state index contributed by atoms with van der Waals surface area (Å²) in [6.45, 7) is 0. The van der Waals surface area contributed by atoms with E-state index in [2.05, 4.69) is 31.9 Å². The minimum atomic E-state index is -2.40. The van der Waals surface area contributed by atoms with Crippen molar-refractivity contribution in [1.82, 2.24) is 0 Å². The van der Waals surface area contributed by atoms with E-state index in [1.807, 2.05) is 48.5 Å². The van der Waals surface area contributed by atoms with Crippen molar-refractivity contribution in [2.24, 2.45) is 0 Å². The van der Waals surface area contributed by atoms with E-state index in [0.717, 1.165) is 8.95 Å². The summed E-state index contributed by atoms with van der Waals surface area (Å²) >= 11 is 6.77. The lowest BCUT2D eigenvalue weighted by atomic mass is 10.3. The minimum Gasteiger partial charge on any atom is -0.457 e. The maximum atomic E-state index is 12.2. The molecule has 4 rings (SSSR count). The van der Waals surface area contributed by atoms with E-state index < -0.39 is 8.25 Å². The molecule has 32 heavy (non-hydrogen) atoms. The molecule has 0 heterocycles. The molecule has 4 aromatic carbocycles. The molecule has 0 saturated carbocycles. The molecule has 0 amide bonds. The second-order valence-corrected chi connectivity index (χ2v) is 9.10. The first-order chi connectivity index (χ1) is 15.5. The Morgan fingerprint density at radius 2 is 0.688 bits per heavy atom. The van der Waals surface area contributed by atoms with Crippen LogP contribution >= 0.6 is 40.1 Å². The average Bonchev–Trinajstić information content (AvgIpc) is 2.79. The molecule has 0 aliphatic heterocycles. The van der Waals surface area contributed by atoms with Crippen LogP contribution in [-0.2, 0) is 4.57 Å². The van der Waals surface area contributed by atoms with Gasteiger partial charge in [0.25, 0.3) is 0 Å². The maximum absolute atomic E-state index is 12.2. The monoisotopic (exact) mass is 573 g/mol. The van der Waals surface area contributed by atoms with Crippen LogP contribution in [0.25, 0.3) is 0 Å². The summed E-state index contributed by atoms with van der Waals surface area (Å²) < 4.78 is 36.4. The molecule has 0 radical (unpaired) electrons. The predicted octanol–water partition coefficient (Wildman–Crippen LogP) is 8.91. The van der Waals surface area contributed by atoms with Gasteiger partial charge in [-0.3, -0.25) is 0 Å². The third-order valence-corrected chi connectivity index (χ3v) is 5.88. The molecule has 160 valence electrons. The molecule has 0 saturated heterocycles. The van der Waals surface area contributed by atoms with Gasteiger partial charge in [-0.15, -0.1) is 0 Å². The molecule has 0 atom stereocenters. The van der Waals surface area contributed by atoms with Crippen LogP contribution in [0.2, 0.25) is 0 Å². The van der Waals surface area contributed by atoms with E-state index in [1.54, 1.807) is 48.5 Å². The summed E-state index contributed by atoms with van der Waals surface area (Å²) in [6, 6.07) is 28.6. The zero-order valence-electron chi connectivity index (χ0n) is 16.5. The van der Waals surface area contributed by atoms with Gasteiger partial charge in [0.1, 0.15) is 23.0 Å². The van der Waals surface area contributed by atoms with Crippen LogP contribution in [0, 0.1) is 0 Å². The highest BCUT2D eigenvalue weighted by atomic mass is 79.9. The third-order valence-electron chi connectivity index (χ3n) is 4.11. The van der Waals surface area contributed by atoms with E-state index in [-0.39, 0.29) is 0 Å². The van der Waals surface area contributed by atoms with Gasteiger partial charge in [0, 0.05) is 13.5 Å². The molecule has 8 heteroatoms. The van der Waals surface area contributed by atoms with Crippen LogP contribution in [-0.4, -0.2) is 0 Å². The van der Waals surface area contributed by atoms with Crippen LogP contribution in [0.3, 0.4) is 0 Å². The van der Waals surface area contributed by atoms with E-state index >= 15 is 0 Å². The summed E-state index contributed by atoms with van der Waals surface area (Å²) in [5.41, 5.74) is 0. The normalized spacial score (nSPS) is 10.3. The lowest BCUT2D eigenvalue weighted by Gasteiger charge is -2.06. The SMILES string of the molecule is O=[P+](Oc1ccc(Oc2ccc(Br)cc2)cc1)Oc1ccc(Oc2ccc(Br)cc2)cc1. The predicted molar refractivity (Wildman–Crippen MR) is 130 cm³/mol. The van der Waals surface area contributed by atoms with Gasteiger partial charge < -0.3 is 9.47 Å². The number of hydrogen-bond acceptors (Lipinski definition) is 5. The fraction of sp³-hybridized carbons (Fsp3) is 0. The zero-order valence-corrected chi connectivity index (χ0v) is 20.5. The largest absolute Gasteiger partial charge is 0.805 e. The fourth-order valence-electron chi connectivity index (χ4n) is 2.61. The first-order valence-electron chi connectivity index (χ1n) is 9.44. The van der Waals surface area contributed by atoms with E-state index in [9.17, 15) is 4.57 Å². The van der Waals surface area contributed by atoms with Crippen molar-refractivity contribution in [3.8, 4) is 34.5 Å². The number of hydrogen-bond donors (Lipinski definition) is 0. The Balaban J connectivity index is 1.29. The summed E-state index contributed by atoms with van der Waals surface area (Å²) in [6.07, 6.45) is 0. The first kappa shape index (κ1) is 22.3. The molecule has 0 fully saturated rings.